The second-order valence-electron chi connectivity index (χ2n) is 6.56. The van der Waals surface area contributed by atoms with Crippen molar-refractivity contribution >= 4 is 5.97 Å². The molecule has 2 rings (SSSR count). The van der Waals surface area contributed by atoms with Crippen LogP contribution in [0.3, 0.4) is 0 Å². The van der Waals surface area contributed by atoms with Crippen LogP contribution >= 0.6 is 0 Å². The molecule has 0 radical (unpaired) electrons. The smallest absolute Gasteiger partial charge is 0.310 e. The number of nitrogens with one attached hydrogen (secondary N) is 2. The Morgan fingerprint density at radius 2 is 1.84 bits per heavy atom. The molecule has 2 aliphatic rings. The van der Waals surface area contributed by atoms with Gasteiger partial charge in [-0.3, -0.25) is 9.69 Å². The Morgan fingerprint density at radius 3 is 2.47 bits per heavy atom. The lowest BCUT2D eigenvalue weighted by Gasteiger charge is -2.39. The fourth-order valence-corrected chi connectivity index (χ4v) is 2.81. The lowest BCUT2D eigenvalue weighted by molar-refractivity contribution is -0.161. The molecule has 2 atom stereocenters. The largest absolute Gasteiger partial charge is 0.460 e. The number of esters is 1. The summed E-state index contributed by atoms with van der Waals surface area (Å²) in [6.07, 6.45) is 0.919. The molecule has 2 aliphatic heterocycles. The van der Waals surface area contributed by atoms with Gasteiger partial charge in [0.15, 0.2) is 0 Å². The van der Waals surface area contributed by atoms with Crippen molar-refractivity contribution in [3.05, 3.63) is 0 Å². The van der Waals surface area contributed by atoms with Gasteiger partial charge < -0.3 is 15.4 Å². The van der Waals surface area contributed by atoms with E-state index in [1.807, 2.05) is 20.8 Å². The topological polar surface area (TPSA) is 53.6 Å². The highest BCUT2D eigenvalue weighted by Gasteiger charge is 2.33. The second kappa shape index (κ2) is 6.20. The number of nitrogens with zero attached hydrogens (tertiary/aromatic N) is 1. The third-order valence-electron chi connectivity index (χ3n) is 3.74. The third kappa shape index (κ3) is 4.44. The zero-order valence-electron chi connectivity index (χ0n) is 12.4. The first-order valence-corrected chi connectivity index (χ1v) is 7.34. The minimum atomic E-state index is -0.390. The molecule has 2 N–H and O–H groups in total. The van der Waals surface area contributed by atoms with Crippen LogP contribution < -0.4 is 10.6 Å². The number of rotatable bonds is 2. The number of ether oxygens (including phenoxy) is 1. The fourth-order valence-electron chi connectivity index (χ4n) is 2.81. The predicted molar refractivity (Wildman–Crippen MR) is 75.1 cm³/mol. The van der Waals surface area contributed by atoms with Gasteiger partial charge in [-0.15, -0.1) is 0 Å². The lowest BCUT2D eigenvalue weighted by atomic mass is 9.94. The predicted octanol–water partition coefficient (Wildman–Crippen LogP) is 0.211. The summed E-state index contributed by atoms with van der Waals surface area (Å²) < 4.78 is 5.50. The molecule has 0 amide bonds. The molecule has 2 saturated heterocycles. The highest BCUT2D eigenvalue weighted by atomic mass is 16.6. The first-order chi connectivity index (χ1) is 8.96. The average molecular weight is 269 g/mol. The summed E-state index contributed by atoms with van der Waals surface area (Å²) in [6.45, 7) is 11.8. The van der Waals surface area contributed by atoms with Crippen LogP contribution in [0.25, 0.3) is 0 Å². The van der Waals surface area contributed by atoms with Crippen molar-refractivity contribution in [2.24, 2.45) is 5.92 Å². The van der Waals surface area contributed by atoms with Crippen LogP contribution in [0.2, 0.25) is 0 Å². The minimum absolute atomic E-state index is 0.00661. The zero-order valence-corrected chi connectivity index (χ0v) is 12.4. The summed E-state index contributed by atoms with van der Waals surface area (Å²) in [6, 6.07) is 0.466. The summed E-state index contributed by atoms with van der Waals surface area (Å²) in [7, 11) is 0. The number of piperidine rings is 1. The molecule has 2 heterocycles. The Labute approximate surface area is 116 Å². The molecule has 5 nitrogen and oxygen atoms in total. The van der Waals surface area contributed by atoms with E-state index >= 15 is 0 Å². The van der Waals surface area contributed by atoms with Crippen LogP contribution in [-0.4, -0.2) is 61.8 Å². The average Bonchev–Trinajstić information content (AvgIpc) is 2.38. The Kier molecular flexibility index (Phi) is 4.81. The second-order valence-corrected chi connectivity index (χ2v) is 6.56. The van der Waals surface area contributed by atoms with Gasteiger partial charge in [0.05, 0.1) is 5.92 Å². The Bertz CT molecular complexity index is 308. The molecule has 0 unspecified atom stereocenters. The summed E-state index contributed by atoms with van der Waals surface area (Å²) in [5.74, 6) is -0.0623. The van der Waals surface area contributed by atoms with Crippen LogP contribution in [0.1, 0.15) is 27.2 Å². The molecule has 0 aromatic carbocycles. The van der Waals surface area contributed by atoms with Gasteiger partial charge in [-0.2, -0.15) is 0 Å². The van der Waals surface area contributed by atoms with Crippen molar-refractivity contribution in [3.63, 3.8) is 0 Å². The molecule has 2 fully saturated rings. The van der Waals surface area contributed by atoms with Crippen molar-refractivity contribution in [1.82, 2.24) is 15.5 Å². The number of carbonyl (C=O) groups is 1. The molecule has 0 saturated carbocycles. The van der Waals surface area contributed by atoms with E-state index in [-0.39, 0.29) is 17.5 Å². The number of hydrogen-bond donors (Lipinski definition) is 2. The molecule has 0 spiro atoms. The maximum absolute atomic E-state index is 12.1. The molecule has 0 aromatic rings. The molecule has 0 bridgehead atoms. The van der Waals surface area contributed by atoms with E-state index in [2.05, 4.69) is 15.5 Å². The van der Waals surface area contributed by atoms with Gasteiger partial charge in [-0.05, 0) is 27.2 Å². The van der Waals surface area contributed by atoms with E-state index in [0.717, 1.165) is 45.7 Å². The Hall–Kier alpha value is -0.650. The lowest BCUT2D eigenvalue weighted by Crippen LogP contribution is -2.56. The van der Waals surface area contributed by atoms with E-state index in [9.17, 15) is 4.79 Å². The quantitative estimate of drug-likeness (QED) is 0.702. The van der Waals surface area contributed by atoms with Crippen LogP contribution in [0.5, 0.6) is 0 Å². The molecule has 110 valence electrons. The van der Waals surface area contributed by atoms with Crippen molar-refractivity contribution in [3.8, 4) is 0 Å². The normalized spacial score (nSPS) is 30.1. The molecule has 19 heavy (non-hydrogen) atoms. The van der Waals surface area contributed by atoms with Gasteiger partial charge in [0.1, 0.15) is 5.60 Å². The highest BCUT2D eigenvalue weighted by Crippen LogP contribution is 2.20. The van der Waals surface area contributed by atoms with Gasteiger partial charge in [0.25, 0.3) is 0 Å². The van der Waals surface area contributed by atoms with Gasteiger partial charge in [0.2, 0.25) is 0 Å². The first-order valence-electron chi connectivity index (χ1n) is 7.34. The summed E-state index contributed by atoms with van der Waals surface area (Å²) in [5, 5.41) is 6.75. The van der Waals surface area contributed by atoms with Crippen LogP contribution in [0.4, 0.5) is 0 Å². The number of hydrogen-bond acceptors (Lipinski definition) is 5. The molecule has 0 aliphatic carbocycles. The summed E-state index contributed by atoms with van der Waals surface area (Å²) >= 11 is 0. The van der Waals surface area contributed by atoms with Crippen molar-refractivity contribution < 1.29 is 9.53 Å². The van der Waals surface area contributed by atoms with Gasteiger partial charge in [-0.25, -0.2) is 0 Å². The molecule has 5 heteroatoms. The Balaban J connectivity index is 1.87. The highest BCUT2D eigenvalue weighted by molar-refractivity contribution is 5.73. The van der Waals surface area contributed by atoms with Crippen molar-refractivity contribution in [2.45, 2.75) is 38.8 Å². The van der Waals surface area contributed by atoms with E-state index in [0.29, 0.717) is 6.04 Å². The third-order valence-corrected chi connectivity index (χ3v) is 3.74. The maximum atomic E-state index is 12.1. The minimum Gasteiger partial charge on any atom is -0.460 e. The fraction of sp³-hybridized carbons (Fsp3) is 0.929. The van der Waals surface area contributed by atoms with Crippen molar-refractivity contribution in [1.29, 1.82) is 0 Å². The Morgan fingerprint density at radius 1 is 1.16 bits per heavy atom. The van der Waals surface area contributed by atoms with Crippen LogP contribution in [-0.2, 0) is 9.53 Å². The van der Waals surface area contributed by atoms with Crippen LogP contribution in [0.15, 0.2) is 0 Å². The van der Waals surface area contributed by atoms with Gasteiger partial charge in [0, 0.05) is 45.3 Å². The molecular formula is C14H27N3O2. The van der Waals surface area contributed by atoms with Crippen molar-refractivity contribution in [2.75, 3.05) is 39.3 Å². The standard InChI is InChI=1S/C14H27N3O2/c1-14(2,3)19-13(18)11-8-12(10-16-9-11)17-6-4-15-5-7-17/h11-12,15-16H,4-10H2,1-3H3/t11-,12+/m0/s1. The number of piperazine rings is 1. The maximum Gasteiger partial charge on any atom is 0.310 e. The zero-order chi connectivity index (χ0) is 13.9. The first kappa shape index (κ1) is 14.8. The monoisotopic (exact) mass is 269 g/mol. The van der Waals surface area contributed by atoms with Gasteiger partial charge in [-0.1, -0.05) is 0 Å². The van der Waals surface area contributed by atoms with E-state index in [1.54, 1.807) is 0 Å². The summed E-state index contributed by atoms with van der Waals surface area (Å²) in [4.78, 5) is 14.6. The number of carbonyl (C=O) groups excluding carboxylic acids is 1. The van der Waals surface area contributed by atoms with E-state index < -0.39 is 0 Å². The molecular weight excluding hydrogens is 242 g/mol. The molecule has 0 aromatic heterocycles. The van der Waals surface area contributed by atoms with E-state index in [1.165, 1.54) is 0 Å². The summed E-state index contributed by atoms with van der Waals surface area (Å²) in [5.41, 5.74) is -0.390. The SMILES string of the molecule is CC(C)(C)OC(=O)[C@@H]1CNC[C@H](N2CCNCC2)C1. The van der Waals surface area contributed by atoms with Crippen LogP contribution in [0, 0.1) is 5.92 Å². The van der Waals surface area contributed by atoms with Gasteiger partial charge >= 0.3 is 5.97 Å². The van der Waals surface area contributed by atoms with E-state index in [4.69, 9.17) is 4.74 Å².